The summed E-state index contributed by atoms with van der Waals surface area (Å²) in [5, 5.41) is 4.38. The van der Waals surface area contributed by atoms with E-state index in [0.717, 1.165) is 18.7 Å². The second kappa shape index (κ2) is 7.18. The maximum Gasteiger partial charge on any atom is 0.189 e. The molecule has 0 bridgehead atoms. The van der Waals surface area contributed by atoms with Crippen LogP contribution < -0.4 is 4.90 Å². The van der Waals surface area contributed by atoms with E-state index in [1.807, 2.05) is 22.6 Å². The van der Waals surface area contributed by atoms with Crippen LogP contribution in [0.4, 0.5) is 14.6 Å². The predicted octanol–water partition coefficient (Wildman–Crippen LogP) is 5.04. The molecule has 3 heterocycles. The number of fused-ring (bicyclic) bond motifs is 2. The lowest BCUT2D eigenvalue weighted by atomic mass is 10.1. The number of hydrogen-bond donors (Lipinski definition) is 0. The zero-order valence-corrected chi connectivity index (χ0v) is 17.7. The van der Waals surface area contributed by atoms with Gasteiger partial charge in [-0.15, -0.1) is 0 Å². The number of rotatable bonds is 2. The molecule has 0 spiro atoms. The van der Waals surface area contributed by atoms with Crippen molar-refractivity contribution in [2.45, 2.75) is 37.6 Å². The molecule has 2 aromatic heterocycles. The average Bonchev–Trinajstić information content (AvgIpc) is 3.06. The molecule has 0 N–H and O–H groups in total. The maximum absolute atomic E-state index is 15.1. The van der Waals surface area contributed by atoms with E-state index in [2.05, 4.69) is 31.0 Å². The minimum Gasteiger partial charge on any atom is -0.347 e. The number of benzene rings is 1. The van der Waals surface area contributed by atoms with Crippen molar-refractivity contribution in [3.8, 4) is 0 Å². The van der Waals surface area contributed by atoms with Gasteiger partial charge in [0.2, 0.25) is 0 Å². The summed E-state index contributed by atoms with van der Waals surface area (Å²) in [6.07, 6.45) is 4.33. The van der Waals surface area contributed by atoms with E-state index in [9.17, 15) is 4.39 Å². The van der Waals surface area contributed by atoms with Gasteiger partial charge >= 0.3 is 0 Å². The fraction of sp³-hybridized carbons (Fsp3) is 0.353. The Balaban J connectivity index is 2.00. The van der Waals surface area contributed by atoms with Crippen molar-refractivity contribution in [2.24, 2.45) is 0 Å². The van der Waals surface area contributed by atoms with Crippen LogP contribution in [0.5, 0.6) is 0 Å². The normalized spacial score (nSPS) is 17.3. The molecule has 0 amide bonds. The number of halogens is 4. The molecule has 1 unspecified atom stereocenters. The number of hydrogen-bond acceptors (Lipinski definition) is 5. The van der Waals surface area contributed by atoms with Gasteiger partial charge in [-0.05, 0) is 41.6 Å². The minimum absolute atomic E-state index is 0.00156. The van der Waals surface area contributed by atoms with Crippen molar-refractivity contribution in [3.05, 3.63) is 39.1 Å². The van der Waals surface area contributed by atoms with Gasteiger partial charge in [-0.3, -0.25) is 4.68 Å². The molecule has 1 aliphatic rings. The summed E-state index contributed by atoms with van der Waals surface area (Å²) < 4.78 is 31.7. The topological polar surface area (TPSA) is 46.8 Å². The van der Waals surface area contributed by atoms with Gasteiger partial charge in [0.1, 0.15) is 11.3 Å². The van der Waals surface area contributed by atoms with E-state index in [1.165, 1.54) is 11.8 Å². The van der Waals surface area contributed by atoms with Crippen LogP contribution in [0.25, 0.3) is 10.9 Å². The van der Waals surface area contributed by atoms with Gasteiger partial charge in [0, 0.05) is 18.8 Å². The molecule has 142 valence electrons. The molecule has 3 aromatic rings. The van der Waals surface area contributed by atoms with E-state index in [0.29, 0.717) is 17.5 Å². The standard InChI is InChI=1S/C17H15BrClF2N5S/c1-8-4-6-26-9(3-5-22-26)7-25(8)16-10-13(20)12(19)11(18)14(21)15(10)23-17(24-16)27-2/h3,5,8H,4,6-7H2,1-2H3. The molecule has 27 heavy (non-hydrogen) atoms. The van der Waals surface area contributed by atoms with Crippen molar-refractivity contribution < 1.29 is 8.78 Å². The van der Waals surface area contributed by atoms with Crippen LogP contribution in [0.15, 0.2) is 21.9 Å². The lowest BCUT2D eigenvalue weighted by Crippen LogP contribution is -2.32. The Kier molecular flexibility index (Phi) is 5.02. The summed E-state index contributed by atoms with van der Waals surface area (Å²) >= 11 is 10.3. The van der Waals surface area contributed by atoms with Crippen LogP contribution >= 0.6 is 39.3 Å². The highest BCUT2D eigenvalue weighted by Crippen LogP contribution is 2.40. The third-order valence-electron chi connectivity index (χ3n) is 4.76. The largest absolute Gasteiger partial charge is 0.347 e. The van der Waals surface area contributed by atoms with E-state index in [1.54, 1.807) is 12.5 Å². The molecule has 0 saturated heterocycles. The predicted molar refractivity (Wildman–Crippen MR) is 106 cm³/mol. The SMILES string of the molecule is CSc1nc(N2Cc3ccnn3CCC2C)c2c(F)c(Cl)c(Br)c(F)c2n1. The highest BCUT2D eigenvalue weighted by atomic mass is 79.9. The molecular weight excluding hydrogens is 460 g/mol. The molecular formula is C17H15BrClF2N5S. The molecule has 0 aliphatic carbocycles. The summed E-state index contributed by atoms with van der Waals surface area (Å²) in [6.45, 7) is 3.27. The highest BCUT2D eigenvalue weighted by molar-refractivity contribution is 9.10. The molecule has 10 heteroatoms. The number of anilines is 1. The van der Waals surface area contributed by atoms with Crippen molar-refractivity contribution in [1.29, 1.82) is 0 Å². The number of nitrogens with zero attached hydrogens (tertiary/aromatic N) is 5. The quantitative estimate of drug-likeness (QED) is 0.225. The maximum atomic E-state index is 15.1. The molecule has 4 rings (SSSR count). The summed E-state index contributed by atoms with van der Waals surface area (Å²) in [6, 6.07) is 1.97. The van der Waals surface area contributed by atoms with E-state index < -0.39 is 11.6 Å². The fourth-order valence-corrected chi connectivity index (χ4v) is 4.17. The first kappa shape index (κ1) is 18.9. The lowest BCUT2D eigenvalue weighted by molar-refractivity contribution is 0.536. The third-order valence-corrected chi connectivity index (χ3v) is 6.63. The Hall–Kier alpha value is -1.45. The molecule has 0 saturated carbocycles. The summed E-state index contributed by atoms with van der Waals surface area (Å²) in [4.78, 5) is 10.7. The zero-order valence-electron chi connectivity index (χ0n) is 14.5. The van der Waals surface area contributed by atoms with Gasteiger partial charge in [0.25, 0.3) is 0 Å². The van der Waals surface area contributed by atoms with Crippen molar-refractivity contribution >= 4 is 56.0 Å². The Morgan fingerprint density at radius 3 is 2.81 bits per heavy atom. The molecule has 1 atom stereocenters. The van der Waals surface area contributed by atoms with Gasteiger partial charge in [0.05, 0.1) is 27.1 Å². The van der Waals surface area contributed by atoms with Gasteiger partial charge in [-0.2, -0.15) is 5.10 Å². The van der Waals surface area contributed by atoms with E-state index >= 15 is 4.39 Å². The average molecular weight is 475 g/mol. The van der Waals surface area contributed by atoms with Crippen LogP contribution in [-0.2, 0) is 13.1 Å². The van der Waals surface area contributed by atoms with Gasteiger partial charge in [-0.1, -0.05) is 23.4 Å². The summed E-state index contributed by atoms with van der Waals surface area (Å²) in [7, 11) is 0. The first-order chi connectivity index (χ1) is 12.9. The second-order valence-corrected chi connectivity index (χ2v) is 8.27. The second-order valence-electron chi connectivity index (χ2n) is 6.32. The first-order valence-corrected chi connectivity index (χ1v) is 10.7. The van der Waals surface area contributed by atoms with Gasteiger partial charge in [0.15, 0.2) is 16.8 Å². The smallest absolute Gasteiger partial charge is 0.189 e. The molecule has 0 radical (unpaired) electrons. The zero-order chi connectivity index (χ0) is 19.3. The number of aryl methyl sites for hydroxylation is 1. The Labute approximate surface area is 172 Å². The Morgan fingerprint density at radius 2 is 2.07 bits per heavy atom. The summed E-state index contributed by atoms with van der Waals surface area (Å²) in [5.41, 5.74) is 0.906. The van der Waals surface area contributed by atoms with Crippen LogP contribution in [0.2, 0.25) is 5.02 Å². The van der Waals surface area contributed by atoms with Crippen LogP contribution in [0.1, 0.15) is 19.0 Å². The van der Waals surface area contributed by atoms with Gasteiger partial charge < -0.3 is 4.90 Å². The van der Waals surface area contributed by atoms with Gasteiger partial charge in [-0.25, -0.2) is 18.7 Å². The fourth-order valence-electron chi connectivity index (χ4n) is 3.27. The Morgan fingerprint density at radius 1 is 1.30 bits per heavy atom. The van der Waals surface area contributed by atoms with Crippen LogP contribution in [-0.4, -0.2) is 32.0 Å². The van der Waals surface area contributed by atoms with E-state index in [-0.39, 0.29) is 26.4 Å². The third kappa shape index (κ3) is 3.09. The monoisotopic (exact) mass is 473 g/mol. The summed E-state index contributed by atoms with van der Waals surface area (Å²) in [5.74, 6) is -1.08. The van der Waals surface area contributed by atoms with Crippen molar-refractivity contribution in [1.82, 2.24) is 19.7 Å². The molecule has 1 aliphatic heterocycles. The van der Waals surface area contributed by atoms with Crippen molar-refractivity contribution in [2.75, 3.05) is 11.2 Å². The van der Waals surface area contributed by atoms with Crippen LogP contribution in [0.3, 0.4) is 0 Å². The van der Waals surface area contributed by atoms with E-state index in [4.69, 9.17) is 11.6 Å². The van der Waals surface area contributed by atoms with Crippen molar-refractivity contribution in [3.63, 3.8) is 0 Å². The highest BCUT2D eigenvalue weighted by Gasteiger charge is 2.29. The lowest BCUT2D eigenvalue weighted by Gasteiger charge is -2.29. The number of thioether (sulfide) groups is 1. The minimum atomic E-state index is -0.729. The van der Waals surface area contributed by atoms with Crippen LogP contribution in [0, 0.1) is 11.6 Å². The number of aromatic nitrogens is 4. The Bertz CT molecular complexity index is 1040. The molecule has 1 aromatic carbocycles. The molecule has 0 fully saturated rings. The first-order valence-electron chi connectivity index (χ1n) is 8.27. The molecule has 5 nitrogen and oxygen atoms in total.